The fourth-order valence-electron chi connectivity index (χ4n) is 1.81. The second kappa shape index (κ2) is 7.08. The van der Waals surface area contributed by atoms with Gasteiger partial charge < -0.3 is 16.4 Å². The molecule has 0 atom stereocenters. The molecule has 1 aromatic heterocycles. The van der Waals surface area contributed by atoms with E-state index < -0.39 is 0 Å². The highest BCUT2D eigenvalue weighted by Crippen LogP contribution is 2.12. The summed E-state index contributed by atoms with van der Waals surface area (Å²) in [4.78, 5) is 12.4. The van der Waals surface area contributed by atoms with Gasteiger partial charge in [0, 0.05) is 17.6 Å². The molecule has 112 valence electrons. The number of anilines is 3. The summed E-state index contributed by atoms with van der Waals surface area (Å²) in [5.41, 5.74) is 6.83. The SMILES string of the molecule is CC(C)Nc1nc(N)nc(NCCc2cccc(Cl)c2)n1. The van der Waals surface area contributed by atoms with E-state index >= 15 is 0 Å². The number of aromatic nitrogens is 3. The lowest BCUT2D eigenvalue weighted by Gasteiger charge is -2.10. The minimum Gasteiger partial charge on any atom is -0.368 e. The third-order valence-corrected chi connectivity index (χ3v) is 2.89. The van der Waals surface area contributed by atoms with Crippen LogP contribution in [0.1, 0.15) is 19.4 Å². The van der Waals surface area contributed by atoms with Crippen molar-refractivity contribution in [3.05, 3.63) is 34.9 Å². The van der Waals surface area contributed by atoms with Crippen LogP contribution in [0.3, 0.4) is 0 Å². The number of nitrogens with zero attached hydrogens (tertiary/aromatic N) is 3. The van der Waals surface area contributed by atoms with Gasteiger partial charge in [0.15, 0.2) is 0 Å². The van der Waals surface area contributed by atoms with E-state index in [-0.39, 0.29) is 12.0 Å². The maximum absolute atomic E-state index is 5.95. The van der Waals surface area contributed by atoms with Crippen molar-refractivity contribution in [2.45, 2.75) is 26.3 Å². The third kappa shape index (κ3) is 5.07. The van der Waals surface area contributed by atoms with Crippen LogP contribution < -0.4 is 16.4 Å². The van der Waals surface area contributed by atoms with Crippen molar-refractivity contribution in [3.63, 3.8) is 0 Å². The van der Waals surface area contributed by atoms with Gasteiger partial charge in [-0.05, 0) is 38.0 Å². The molecule has 0 saturated heterocycles. The Labute approximate surface area is 129 Å². The first-order valence-electron chi connectivity index (χ1n) is 6.79. The van der Waals surface area contributed by atoms with E-state index in [0.717, 1.165) is 17.0 Å². The average molecular weight is 307 g/mol. The van der Waals surface area contributed by atoms with Crippen molar-refractivity contribution in [1.82, 2.24) is 15.0 Å². The minimum absolute atomic E-state index is 0.193. The monoisotopic (exact) mass is 306 g/mol. The van der Waals surface area contributed by atoms with E-state index in [9.17, 15) is 0 Å². The Bertz CT molecular complexity index is 602. The van der Waals surface area contributed by atoms with Gasteiger partial charge in [0.05, 0.1) is 0 Å². The number of nitrogens with one attached hydrogen (secondary N) is 2. The zero-order valence-electron chi connectivity index (χ0n) is 12.1. The summed E-state index contributed by atoms with van der Waals surface area (Å²) in [7, 11) is 0. The van der Waals surface area contributed by atoms with E-state index in [4.69, 9.17) is 17.3 Å². The molecular weight excluding hydrogens is 288 g/mol. The Morgan fingerprint density at radius 1 is 1.19 bits per heavy atom. The van der Waals surface area contributed by atoms with Crippen LogP contribution in [-0.4, -0.2) is 27.5 Å². The van der Waals surface area contributed by atoms with Gasteiger partial charge in [-0.25, -0.2) is 0 Å². The van der Waals surface area contributed by atoms with Crippen LogP contribution in [0.5, 0.6) is 0 Å². The van der Waals surface area contributed by atoms with Gasteiger partial charge in [0.1, 0.15) is 0 Å². The van der Waals surface area contributed by atoms with Crippen molar-refractivity contribution >= 4 is 29.4 Å². The molecule has 0 aliphatic heterocycles. The predicted molar refractivity (Wildman–Crippen MR) is 86.6 cm³/mol. The fourth-order valence-corrected chi connectivity index (χ4v) is 2.02. The molecule has 1 aromatic carbocycles. The van der Waals surface area contributed by atoms with E-state index in [0.29, 0.717) is 18.4 Å². The summed E-state index contributed by atoms with van der Waals surface area (Å²) in [5.74, 6) is 1.13. The standard InChI is InChI=1S/C14H19ClN6/c1-9(2)18-14-20-12(16)19-13(21-14)17-7-6-10-4-3-5-11(15)8-10/h3-5,8-9H,6-7H2,1-2H3,(H4,16,17,18,19,20,21). The summed E-state index contributed by atoms with van der Waals surface area (Å²) in [5, 5.41) is 6.98. The first kappa shape index (κ1) is 15.3. The largest absolute Gasteiger partial charge is 0.368 e. The van der Waals surface area contributed by atoms with E-state index in [2.05, 4.69) is 25.6 Å². The van der Waals surface area contributed by atoms with Crippen molar-refractivity contribution in [1.29, 1.82) is 0 Å². The highest BCUT2D eigenvalue weighted by molar-refractivity contribution is 6.30. The third-order valence-electron chi connectivity index (χ3n) is 2.66. The molecule has 0 aliphatic rings. The van der Waals surface area contributed by atoms with Gasteiger partial charge in [-0.3, -0.25) is 0 Å². The van der Waals surface area contributed by atoms with Crippen LogP contribution in [0.15, 0.2) is 24.3 Å². The topological polar surface area (TPSA) is 88.8 Å². The highest BCUT2D eigenvalue weighted by Gasteiger charge is 2.05. The first-order chi connectivity index (χ1) is 10.0. The number of nitrogen functional groups attached to an aromatic ring is 1. The Balaban J connectivity index is 1.95. The molecular formula is C14H19ClN6. The molecule has 4 N–H and O–H groups in total. The smallest absolute Gasteiger partial charge is 0.229 e. The Hall–Kier alpha value is -2.08. The average Bonchev–Trinajstić information content (AvgIpc) is 2.37. The van der Waals surface area contributed by atoms with Gasteiger partial charge in [-0.2, -0.15) is 15.0 Å². The van der Waals surface area contributed by atoms with Crippen molar-refractivity contribution < 1.29 is 0 Å². The lowest BCUT2D eigenvalue weighted by molar-refractivity contribution is 0.866. The quantitative estimate of drug-likeness (QED) is 0.760. The van der Waals surface area contributed by atoms with Crippen molar-refractivity contribution in [3.8, 4) is 0 Å². The molecule has 0 aliphatic carbocycles. The molecule has 1 heterocycles. The molecule has 0 saturated carbocycles. The zero-order chi connectivity index (χ0) is 15.2. The summed E-state index contributed by atoms with van der Waals surface area (Å²) in [6.07, 6.45) is 0.819. The Kier molecular flexibility index (Phi) is 5.16. The maximum Gasteiger partial charge on any atom is 0.229 e. The number of nitrogens with two attached hydrogens (primary N) is 1. The Morgan fingerprint density at radius 3 is 2.67 bits per heavy atom. The molecule has 0 bridgehead atoms. The fraction of sp³-hybridized carbons (Fsp3) is 0.357. The van der Waals surface area contributed by atoms with Crippen LogP contribution >= 0.6 is 11.6 Å². The molecule has 7 heteroatoms. The lowest BCUT2D eigenvalue weighted by atomic mass is 10.1. The van der Waals surface area contributed by atoms with Gasteiger partial charge in [0.2, 0.25) is 17.8 Å². The molecule has 2 aromatic rings. The van der Waals surface area contributed by atoms with Gasteiger partial charge >= 0.3 is 0 Å². The van der Waals surface area contributed by atoms with E-state index in [1.807, 2.05) is 38.1 Å². The molecule has 6 nitrogen and oxygen atoms in total. The number of hydrogen-bond donors (Lipinski definition) is 3. The summed E-state index contributed by atoms with van der Waals surface area (Å²) >= 11 is 5.95. The zero-order valence-corrected chi connectivity index (χ0v) is 12.9. The maximum atomic E-state index is 5.95. The van der Waals surface area contributed by atoms with Gasteiger partial charge in [-0.1, -0.05) is 23.7 Å². The summed E-state index contributed by atoms with van der Waals surface area (Å²) in [6, 6.07) is 7.99. The normalized spacial score (nSPS) is 10.7. The number of halogens is 1. The predicted octanol–water partition coefficient (Wildman–Crippen LogP) is 2.58. The van der Waals surface area contributed by atoms with Crippen molar-refractivity contribution in [2.24, 2.45) is 0 Å². The molecule has 0 radical (unpaired) electrons. The van der Waals surface area contributed by atoms with Crippen LogP contribution in [-0.2, 0) is 6.42 Å². The van der Waals surface area contributed by atoms with Crippen molar-refractivity contribution in [2.75, 3.05) is 22.9 Å². The molecule has 21 heavy (non-hydrogen) atoms. The number of rotatable bonds is 6. The van der Waals surface area contributed by atoms with E-state index in [1.54, 1.807) is 0 Å². The summed E-state index contributed by atoms with van der Waals surface area (Å²) < 4.78 is 0. The lowest BCUT2D eigenvalue weighted by Crippen LogP contribution is -2.16. The number of benzene rings is 1. The minimum atomic E-state index is 0.193. The van der Waals surface area contributed by atoms with Gasteiger partial charge in [0.25, 0.3) is 0 Å². The molecule has 2 rings (SSSR count). The van der Waals surface area contributed by atoms with Crippen LogP contribution in [0.25, 0.3) is 0 Å². The molecule has 0 spiro atoms. The van der Waals surface area contributed by atoms with E-state index in [1.165, 1.54) is 0 Å². The molecule has 0 fully saturated rings. The number of hydrogen-bond acceptors (Lipinski definition) is 6. The summed E-state index contributed by atoms with van der Waals surface area (Å²) in [6.45, 7) is 4.70. The van der Waals surface area contributed by atoms with Crippen LogP contribution in [0.2, 0.25) is 5.02 Å². The first-order valence-corrected chi connectivity index (χ1v) is 7.17. The second-order valence-electron chi connectivity index (χ2n) is 4.95. The Morgan fingerprint density at radius 2 is 1.95 bits per heavy atom. The highest BCUT2D eigenvalue weighted by atomic mass is 35.5. The van der Waals surface area contributed by atoms with Crippen LogP contribution in [0.4, 0.5) is 17.8 Å². The molecule has 0 amide bonds. The van der Waals surface area contributed by atoms with Crippen LogP contribution in [0, 0.1) is 0 Å². The molecule has 0 unspecified atom stereocenters. The second-order valence-corrected chi connectivity index (χ2v) is 5.38. The van der Waals surface area contributed by atoms with Gasteiger partial charge in [-0.15, -0.1) is 0 Å².